The van der Waals surface area contributed by atoms with Gasteiger partial charge in [0.05, 0.1) is 4.83 Å². The van der Waals surface area contributed by atoms with Crippen LogP contribution in [0.15, 0.2) is 24.3 Å². The SMILES string of the molecule is CC[C@@H](Br)C(=O)Nc1ccc(C(C)C)cc1. The molecule has 1 aromatic rings. The van der Waals surface area contributed by atoms with E-state index in [0.29, 0.717) is 5.92 Å². The van der Waals surface area contributed by atoms with E-state index in [2.05, 4.69) is 47.2 Å². The van der Waals surface area contributed by atoms with Gasteiger partial charge in [-0.05, 0) is 30.0 Å². The van der Waals surface area contributed by atoms with Gasteiger partial charge < -0.3 is 5.32 Å². The number of hydrogen-bond donors (Lipinski definition) is 1. The van der Waals surface area contributed by atoms with E-state index in [0.717, 1.165) is 12.1 Å². The van der Waals surface area contributed by atoms with Crippen molar-refractivity contribution in [1.82, 2.24) is 0 Å². The number of nitrogens with one attached hydrogen (secondary N) is 1. The molecule has 1 amide bonds. The minimum absolute atomic E-state index is 0.0137. The van der Waals surface area contributed by atoms with Crippen molar-refractivity contribution in [2.45, 2.75) is 37.9 Å². The molecule has 0 aliphatic rings. The van der Waals surface area contributed by atoms with Gasteiger partial charge in [0.1, 0.15) is 0 Å². The van der Waals surface area contributed by atoms with Crippen molar-refractivity contribution >= 4 is 27.5 Å². The molecule has 0 heterocycles. The standard InChI is InChI=1S/C13H18BrNO/c1-4-12(14)13(16)15-11-7-5-10(6-8-11)9(2)3/h5-9,12H,4H2,1-3H3,(H,15,16)/t12-/m1/s1. The Hall–Kier alpha value is -0.830. The van der Waals surface area contributed by atoms with Crippen molar-refractivity contribution in [3.8, 4) is 0 Å². The molecule has 0 unspecified atom stereocenters. The number of amides is 1. The molecule has 0 spiro atoms. The van der Waals surface area contributed by atoms with E-state index < -0.39 is 0 Å². The summed E-state index contributed by atoms with van der Waals surface area (Å²) in [5.41, 5.74) is 2.14. The zero-order chi connectivity index (χ0) is 12.1. The number of rotatable bonds is 4. The molecule has 2 nitrogen and oxygen atoms in total. The van der Waals surface area contributed by atoms with E-state index >= 15 is 0 Å². The molecule has 0 radical (unpaired) electrons. The molecule has 0 saturated heterocycles. The molecule has 1 atom stereocenters. The van der Waals surface area contributed by atoms with Gasteiger partial charge in [-0.3, -0.25) is 4.79 Å². The van der Waals surface area contributed by atoms with E-state index in [4.69, 9.17) is 0 Å². The van der Waals surface area contributed by atoms with Crippen molar-refractivity contribution in [1.29, 1.82) is 0 Å². The summed E-state index contributed by atoms with van der Waals surface area (Å²) in [5, 5.41) is 2.87. The van der Waals surface area contributed by atoms with Gasteiger partial charge in [0.15, 0.2) is 0 Å². The summed E-state index contributed by atoms with van der Waals surface area (Å²) >= 11 is 3.33. The average molecular weight is 284 g/mol. The van der Waals surface area contributed by atoms with Crippen LogP contribution in [-0.4, -0.2) is 10.7 Å². The van der Waals surface area contributed by atoms with Crippen molar-refractivity contribution in [3.63, 3.8) is 0 Å². The smallest absolute Gasteiger partial charge is 0.238 e. The van der Waals surface area contributed by atoms with E-state index in [1.807, 2.05) is 19.1 Å². The van der Waals surface area contributed by atoms with Crippen molar-refractivity contribution in [2.75, 3.05) is 5.32 Å². The molecule has 0 aromatic heterocycles. The molecular formula is C13H18BrNO. The summed E-state index contributed by atoms with van der Waals surface area (Å²) in [5.74, 6) is 0.532. The summed E-state index contributed by atoms with van der Waals surface area (Å²) < 4.78 is 0. The Balaban J connectivity index is 2.65. The zero-order valence-electron chi connectivity index (χ0n) is 9.96. The second-order valence-electron chi connectivity index (χ2n) is 4.14. The van der Waals surface area contributed by atoms with Gasteiger partial charge in [-0.25, -0.2) is 0 Å². The van der Waals surface area contributed by atoms with Crippen molar-refractivity contribution in [2.24, 2.45) is 0 Å². The van der Waals surface area contributed by atoms with Crippen LogP contribution in [0, 0.1) is 0 Å². The van der Waals surface area contributed by atoms with E-state index in [9.17, 15) is 4.79 Å². The third-order valence-electron chi connectivity index (χ3n) is 2.49. The molecule has 3 heteroatoms. The number of anilines is 1. The normalized spacial score (nSPS) is 12.6. The van der Waals surface area contributed by atoms with Gasteiger partial charge in [-0.15, -0.1) is 0 Å². The minimum Gasteiger partial charge on any atom is -0.325 e. The third-order valence-corrected chi connectivity index (χ3v) is 3.55. The van der Waals surface area contributed by atoms with Gasteiger partial charge >= 0.3 is 0 Å². The number of hydrogen-bond acceptors (Lipinski definition) is 1. The summed E-state index contributed by atoms with van der Waals surface area (Å²) in [6.45, 7) is 6.28. The molecule has 0 fully saturated rings. The molecule has 1 aromatic carbocycles. The first kappa shape index (κ1) is 13.2. The quantitative estimate of drug-likeness (QED) is 0.834. The topological polar surface area (TPSA) is 29.1 Å². The lowest BCUT2D eigenvalue weighted by molar-refractivity contribution is -0.115. The Morgan fingerprint density at radius 2 is 1.88 bits per heavy atom. The molecule has 1 N–H and O–H groups in total. The Bertz CT molecular complexity index is 345. The maximum Gasteiger partial charge on any atom is 0.238 e. The number of halogens is 1. The number of benzene rings is 1. The Morgan fingerprint density at radius 1 is 1.31 bits per heavy atom. The van der Waals surface area contributed by atoms with Gasteiger partial charge in [0.25, 0.3) is 0 Å². The van der Waals surface area contributed by atoms with Crippen LogP contribution in [0.1, 0.15) is 38.7 Å². The Morgan fingerprint density at radius 3 is 2.31 bits per heavy atom. The van der Waals surface area contributed by atoms with Gasteiger partial charge in [0, 0.05) is 5.69 Å². The largest absolute Gasteiger partial charge is 0.325 e. The fourth-order valence-corrected chi connectivity index (χ4v) is 1.47. The van der Waals surface area contributed by atoms with Gasteiger partial charge in [-0.2, -0.15) is 0 Å². The lowest BCUT2D eigenvalue weighted by Crippen LogP contribution is -2.21. The predicted molar refractivity (Wildman–Crippen MR) is 72.2 cm³/mol. The van der Waals surface area contributed by atoms with Crippen LogP contribution < -0.4 is 5.32 Å². The molecule has 0 bridgehead atoms. The second-order valence-corrected chi connectivity index (χ2v) is 5.25. The lowest BCUT2D eigenvalue weighted by Gasteiger charge is -2.10. The second kappa shape index (κ2) is 6.04. The molecular weight excluding hydrogens is 266 g/mol. The van der Waals surface area contributed by atoms with Crippen LogP contribution in [-0.2, 0) is 4.79 Å². The Labute approximate surface area is 106 Å². The predicted octanol–water partition coefficient (Wildman–Crippen LogP) is 3.92. The maximum atomic E-state index is 11.6. The fourth-order valence-electron chi connectivity index (χ4n) is 1.36. The zero-order valence-corrected chi connectivity index (χ0v) is 11.5. The number of alkyl halides is 1. The van der Waals surface area contributed by atoms with Crippen LogP contribution in [0.4, 0.5) is 5.69 Å². The molecule has 88 valence electrons. The number of carbonyl (C=O) groups excluding carboxylic acids is 1. The number of carbonyl (C=O) groups is 1. The molecule has 0 saturated carbocycles. The minimum atomic E-state index is -0.114. The first-order valence-corrected chi connectivity index (χ1v) is 6.51. The highest BCUT2D eigenvalue weighted by atomic mass is 79.9. The van der Waals surface area contributed by atoms with E-state index in [1.165, 1.54) is 5.56 Å². The van der Waals surface area contributed by atoms with Crippen LogP contribution in [0.2, 0.25) is 0 Å². The highest BCUT2D eigenvalue weighted by molar-refractivity contribution is 9.10. The Kier molecular flexibility index (Phi) is 5.00. The van der Waals surface area contributed by atoms with Crippen molar-refractivity contribution in [3.05, 3.63) is 29.8 Å². The first-order chi connectivity index (χ1) is 7.54. The summed E-state index contributed by atoms with van der Waals surface area (Å²) in [6.07, 6.45) is 0.788. The lowest BCUT2D eigenvalue weighted by atomic mass is 10.0. The highest BCUT2D eigenvalue weighted by Gasteiger charge is 2.12. The van der Waals surface area contributed by atoms with E-state index in [-0.39, 0.29) is 10.7 Å². The monoisotopic (exact) mass is 283 g/mol. The first-order valence-electron chi connectivity index (χ1n) is 5.59. The summed E-state index contributed by atoms with van der Waals surface area (Å²) in [4.78, 5) is 11.5. The molecule has 0 aliphatic carbocycles. The van der Waals surface area contributed by atoms with E-state index in [1.54, 1.807) is 0 Å². The summed E-state index contributed by atoms with van der Waals surface area (Å²) in [7, 11) is 0. The van der Waals surface area contributed by atoms with Crippen molar-refractivity contribution < 1.29 is 4.79 Å². The van der Waals surface area contributed by atoms with Crippen LogP contribution in [0.5, 0.6) is 0 Å². The highest BCUT2D eigenvalue weighted by Crippen LogP contribution is 2.18. The van der Waals surface area contributed by atoms with Crippen LogP contribution >= 0.6 is 15.9 Å². The molecule has 16 heavy (non-hydrogen) atoms. The van der Waals surface area contributed by atoms with Crippen LogP contribution in [0.3, 0.4) is 0 Å². The van der Waals surface area contributed by atoms with Gasteiger partial charge in [0.2, 0.25) is 5.91 Å². The molecule has 0 aliphatic heterocycles. The average Bonchev–Trinajstić information content (AvgIpc) is 2.28. The molecule has 1 rings (SSSR count). The summed E-state index contributed by atoms with van der Waals surface area (Å²) in [6, 6.07) is 8.00. The third kappa shape index (κ3) is 3.63. The van der Waals surface area contributed by atoms with Gasteiger partial charge in [-0.1, -0.05) is 48.8 Å². The van der Waals surface area contributed by atoms with Crippen LogP contribution in [0.25, 0.3) is 0 Å². The maximum absolute atomic E-state index is 11.6. The fraction of sp³-hybridized carbons (Fsp3) is 0.462.